The molecule has 2 N–H and O–H groups in total. The van der Waals surface area contributed by atoms with Crippen molar-refractivity contribution in [3.05, 3.63) is 29.3 Å². The number of carbonyl (C=O) groups is 1. The second-order valence-corrected chi connectivity index (χ2v) is 4.13. The Balaban J connectivity index is 2.42. The smallest absolute Gasteiger partial charge is 0.227 e. The van der Waals surface area contributed by atoms with Gasteiger partial charge in [-0.1, -0.05) is 12.1 Å². The zero-order valence-electron chi connectivity index (χ0n) is 9.16. The average Bonchev–Trinajstić information content (AvgIpc) is 2.23. The van der Waals surface area contributed by atoms with Crippen LogP contribution in [0.2, 0.25) is 0 Å². The molecule has 2 rings (SSSR count). The van der Waals surface area contributed by atoms with E-state index in [-0.39, 0.29) is 11.9 Å². The minimum absolute atomic E-state index is 0.0539. The Bertz CT molecular complexity index is 399. The van der Waals surface area contributed by atoms with Crippen molar-refractivity contribution in [3.8, 4) is 0 Å². The van der Waals surface area contributed by atoms with Crippen LogP contribution in [0.4, 0.5) is 5.69 Å². The van der Waals surface area contributed by atoms with Crippen LogP contribution < -0.4 is 10.6 Å². The predicted molar refractivity (Wildman–Crippen MR) is 60.8 cm³/mol. The van der Waals surface area contributed by atoms with Crippen LogP contribution in [0.15, 0.2) is 18.2 Å². The molecular weight excluding hydrogens is 188 g/mol. The van der Waals surface area contributed by atoms with E-state index in [4.69, 9.17) is 5.73 Å². The molecule has 0 aromatic heterocycles. The quantitative estimate of drug-likeness (QED) is 0.755. The maximum absolute atomic E-state index is 11.5. The van der Waals surface area contributed by atoms with E-state index >= 15 is 0 Å². The lowest BCUT2D eigenvalue weighted by Crippen LogP contribution is -2.31. The lowest BCUT2D eigenvalue weighted by atomic mass is 9.97. The first-order valence-corrected chi connectivity index (χ1v) is 5.24. The fraction of sp³-hybridized carbons (Fsp3) is 0.417. The Morgan fingerprint density at radius 3 is 2.80 bits per heavy atom. The van der Waals surface area contributed by atoms with Crippen LogP contribution in [0, 0.1) is 0 Å². The summed E-state index contributed by atoms with van der Waals surface area (Å²) in [4.78, 5) is 13.2. The molecule has 80 valence electrons. The maximum atomic E-state index is 11.5. The minimum atomic E-state index is 0.0539. The first-order chi connectivity index (χ1) is 7.09. The van der Waals surface area contributed by atoms with Gasteiger partial charge in [-0.2, -0.15) is 0 Å². The van der Waals surface area contributed by atoms with Crippen molar-refractivity contribution >= 4 is 11.6 Å². The van der Waals surface area contributed by atoms with E-state index in [1.807, 2.05) is 26.1 Å². The Kier molecular flexibility index (Phi) is 2.49. The van der Waals surface area contributed by atoms with E-state index in [0.29, 0.717) is 6.42 Å². The summed E-state index contributed by atoms with van der Waals surface area (Å²) < 4.78 is 0. The average molecular weight is 204 g/mol. The van der Waals surface area contributed by atoms with Crippen molar-refractivity contribution in [1.82, 2.24) is 0 Å². The van der Waals surface area contributed by atoms with Gasteiger partial charge in [0.2, 0.25) is 5.91 Å². The van der Waals surface area contributed by atoms with Gasteiger partial charge in [-0.15, -0.1) is 0 Å². The first kappa shape index (κ1) is 10.2. The number of nitrogens with two attached hydrogens (primary N) is 1. The van der Waals surface area contributed by atoms with Crippen molar-refractivity contribution in [3.63, 3.8) is 0 Å². The van der Waals surface area contributed by atoms with Crippen molar-refractivity contribution < 1.29 is 4.79 Å². The standard InChI is InChI=1S/C12H16N2O/c1-8(13)9-3-5-11-10(7-9)4-6-12(15)14(11)2/h3,5,7-8H,4,6,13H2,1-2H3/t8-/m0/s1. The summed E-state index contributed by atoms with van der Waals surface area (Å²) >= 11 is 0. The molecule has 0 bridgehead atoms. The molecule has 1 aliphatic rings. The molecule has 0 aliphatic carbocycles. The third kappa shape index (κ3) is 1.75. The number of rotatable bonds is 1. The molecule has 1 aliphatic heterocycles. The highest BCUT2D eigenvalue weighted by Crippen LogP contribution is 2.28. The van der Waals surface area contributed by atoms with Gasteiger partial charge in [0.25, 0.3) is 0 Å². The fourth-order valence-corrected chi connectivity index (χ4v) is 1.96. The number of aryl methyl sites for hydroxylation is 1. The molecule has 1 heterocycles. The zero-order chi connectivity index (χ0) is 11.0. The molecule has 15 heavy (non-hydrogen) atoms. The van der Waals surface area contributed by atoms with Gasteiger partial charge in [-0.25, -0.2) is 0 Å². The maximum Gasteiger partial charge on any atom is 0.227 e. The Labute approximate surface area is 89.9 Å². The number of amides is 1. The Hall–Kier alpha value is -1.35. The molecule has 1 aromatic rings. The van der Waals surface area contributed by atoms with Gasteiger partial charge in [-0.3, -0.25) is 4.79 Å². The van der Waals surface area contributed by atoms with Gasteiger partial charge in [0.15, 0.2) is 0 Å². The fourth-order valence-electron chi connectivity index (χ4n) is 1.96. The molecule has 3 heteroatoms. The van der Waals surface area contributed by atoms with Gasteiger partial charge in [0, 0.05) is 25.2 Å². The molecule has 1 aromatic carbocycles. The molecule has 1 amide bonds. The van der Waals surface area contributed by atoms with E-state index in [2.05, 4.69) is 6.07 Å². The van der Waals surface area contributed by atoms with E-state index in [1.165, 1.54) is 5.56 Å². The second-order valence-electron chi connectivity index (χ2n) is 4.13. The van der Waals surface area contributed by atoms with Gasteiger partial charge in [0.05, 0.1) is 0 Å². The molecule has 0 radical (unpaired) electrons. The summed E-state index contributed by atoms with van der Waals surface area (Å²) in [5, 5.41) is 0. The van der Waals surface area contributed by atoms with Crippen LogP contribution >= 0.6 is 0 Å². The van der Waals surface area contributed by atoms with Crippen LogP contribution in [0.1, 0.15) is 30.5 Å². The summed E-state index contributed by atoms with van der Waals surface area (Å²) in [6, 6.07) is 6.16. The van der Waals surface area contributed by atoms with E-state index < -0.39 is 0 Å². The van der Waals surface area contributed by atoms with Crippen molar-refractivity contribution in [2.24, 2.45) is 5.73 Å². The van der Waals surface area contributed by atoms with Gasteiger partial charge in [0.1, 0.15) is 0 Å². The van der Waals surface area contributed by atoms with Gasteiger partial charge < -0.3 is 10.6 Å². The molecule has 0 unspecified atom stereocenters. The zero-order valence-corrected chi connectivity index (χ0v) is 9.16. The number of hydrogen-bond acceptors (Lipinski definition) is 2. The Morgan fingerprint density at radius 2 is 2.13 bits per heavy atom. The number of hydrogen-bond donors (Lipinski definition) is 1. The van der Waals surface area contributed by atoms with Gasteiger partial charge in [-0.05, 0) is 30.5 Å². The van der Waals surface area contributed by atoms with Crippen LogP contribution in [-0.4, -0.2) is 13.0 Å². The highest BCUT2D eigenvalue weighted by Gasteiger charge is 2.20. The number of nitrogens with zero attached hydrogens (tertiary/aromatic N) is 1. The van der Waals surface area contributed by atoms with E-state index in [0.717, 1.165) is 17.7 Å². The van der Waals surface area contributed by atoms with E-state index in [1.54, 1.807) is 4.90 Å². The first-order valence-electron chi connectivity index (χ1n) is 5.24. The topological polar surface area (TPSA) is 46.3 Å². The highest BCUT2D eigenvalue weighted by atomic mass is 16.2. The lowest BCUT2D eigenvalue weighted by Gasteiger charge is -2.26. The molecule has 0 spiro atoms. The molecule has 3 nitrogen and oxygen atoms in total. The van der Waals surface area contributed by atoms with Crippen molar-refractivity contribution in [1.29, 1.82) is 0 Å². The van der Waals surface area contributed by atoms with Crippen LogP contribution in [-0.2, 0) is 11.2 Å². The monoisotopic (exact) mass is 204 g/mol. The van der Waals surface area contributed by atoms with Gasteiger partial charge >= 0.3 is 0 Å². The molecule has 0 saturated heterocycles. The van der Waals surface area contributed by atoms with E-state index in [9.17, 15) is 4.79 Å². The summed E-state index contributed by atoms with van der Waals surface area (Å²) in [5.41, 5.74) is 9.22. The molecule has 1 atom stereocenters. The number of carbonyl (C=O) groups excluding carboxylic acids is 1. The number of fused-ring (bicyclic) bond motifs is 1. The summed E-state index contributed by atoms with van der Waals surface area (Å²) in [6.07, 6.45) is 1.44. The second kappa shape index (κ2) is 3.66. The largest absolute Gasteiger partial charge is 0.324 e. The molecule has 0 saturated carbocycles. The van der Waals surface area contributed by atoms with Crippen LogP contribution in [0.25, 0.3) is 0 Å². The third-order valence-electron chi connectivity index (χ3n) is 2.97. The summed E-state index contributed by atoms with van der Waals surface area (Å²) in [7, 11) is 1.83. The van der Waals surface area contributed by atoms with Crippen LogP contribution in [0.3, 0.4) is 0 Å². The van der Waals surface area contributed by atoms with Crippen molar-refractivity contribution in [2.45, 2.75) is 25.8 Å². The SMILES string of the molecule is C[C@H](N)c1ccc2c(c1)CCC(=O)N2C. The molecular formula is C12H16N2O. The third-order valence-corrected chi connectivity index (χ3v) is 2.97. The predicted octanol–water partition coefficient (Wildman–Crippen LogP) is 1.62. The number of benzene rings is 1. The summed E-state index contributed by atoms with van der Waals surface area (Å²) in [6.45, 7) is 1.97. The number of anilines is 1. The minimum Gasteiger partial charge on any atom is -0.324 e. The van der Waals surface area contributed by atoms with Crippen LogP contribution in [0.5, 0.6) is 0 Å². The van der Waals surface area contributed by atoms with Crippen molar-refractivity contribution in [2.75, 3.05) is 11.9 Å². The highest BCUT2D eigenvalue weighted by molar-refractivity contribution is 5.95. The molecule has 0 fully saturated rings. The Morgan fingerprint density at radius 1 is 1.40 bits per heavy atom. The normalized spacial score (nSPS) is 17.5. The lowest BCUT2D eigenvalue weighted by molar-refractivity contribution is -0.118. The summed E-state index contributed by atoms with van der Waals surface area (Å²) in [5.74, 6) is 0.191.